The van der Waals surface area contributed by atoms with E-state index in [2.05, 4.69) is 150 Å². The molecule has 0 unspecified atom stereocenters. The summed E-state index contributed by atoms with van der Waals surface area (Å²) in [4.78, 5) is 5.06. The summed E-state index contributed by atoms with van der Waals surface area (Å²) >= 11 is 0. The quantitative estimate of drug-likeness (QED) is 0.184. The molecule has 0 aliphatic rings. The fourth-order valence-corrected chi connectivity index (χ4v) is 7.74. The van der Waals surface area contributed by atoms with Crippen molar-refractivity contribution in [3.8, 4) is 45.3 Å². The molecular weight excluding hydrogens is 595 g/mol. The Kier molecular flexibility index (Phi) is 5.94. The topological polar surface area (TPSA) is 41.6 Å². The van der Waals surface area contributed by atoms with Gasteiger partial charge in [0.25, 0.3) is 0 Å². The fraction of sp³-hybridized carbons (Fsp3) is 0. The van der Waals surface area contributed by atoms with E-state index in [0.717, 1.165) is 49.9 Å². The molecule has 0 aliphatic carbocycles. The first kappa shape index (κ1) is 27.4. The summed E-state index contributed by atoms with van der Waals surface area (Å²) in [5.41, 5.74) is 10.6. The van der Waals surface area contributed by atoms with Crippen LogP contribution in [0.4, 0.5) is 0 Å². The SMILES string of the molecule is N#Cc1ccc2c(c1)c1ccc(-c3ccc(-c4ccc5ccc6c(-c7ccccc7)ccc7ccc4c5c76)nc3)cc1n2-c1ccccc1. The minimum Gasteiger partial charge on any atom is -0.309 e. The molecule has 0 aliphatic heterocycles. The lowest BCUT2D eigenvalue weighted by Crippen LogP contribution is -1.93. The van der Waals surface area contributed by atoms with Crippen molar-refractivity contribution in [3.05, 3.63) is 169 Å². The molecule has 0 atom stereocenters. The van der Waals surface area contributed by atoms with Crippen LogP contribution in [0, 0.1) is 11.3 Å². The summed E-state index contributed by atoms with van der Waals surface area (Å²) in [5, 5.41) is 19.4. The van der Waals surface area contributed by atoms with Crippen LogP contribution in [0.3, 0.4) is 0 Å². The van der Waals surface area contributed by atoms with Gasteiger partial charge in [0.2, 0.25) is 0 Å². The molecule has 0 saturated carbocycles. The number of nitriles is 1. The fourth-order valence-electron chi connectivity index (χ4n) is 7.74. The van der Waals surface area contributed by atoms with Crippen LogP contribution in [0.1, 0.15) is 5.56 Å². The molecule has 2 aromatic heterocycles. The number of hydrogen-bond acceptors (Lipinski definition) is 2. The second-order valence-corrected chi connectivity index (χ2v) is 12.7. The predicted octanol–water partition coefficient (Wildman–Crippen LogP) is 11.9. The van der Waals surface area contributed by atoms with E-state index >= 15 is 0 Å². The minimum atomic E-state index is 0.659. The Labute approximate surface area is 282 Å². The molecule has 0 spiro atoms. The first-order chi connectivity index (χ1) is 24.2. The summed E-state index contributed by atoms with van der Waals surface area (Å²) in [7, 11) is 0. The lowest BCUT2D eigenvalue weighted by molar-refractivity contribution is 1.18. The predicted molar refractivity (Wildman–Crippen MR) is 203 cm³/mol. The lowest BCUT2D eigenvalue weighted by atomic mass is 9.88. The van der Waals surface area contributed by atoms with E-state index in [1.54, 1.807) is 0 Å². The number of para-hydroxylation sites is 1. The molecule has 226 valence electrons. The van der Waals surface area contributed by atoms with Crippen LogP contribution in [0.15, 0.2) is 164 Å². The molecule has 2 heterocycles. The third-order valence-electron chi connectivity index (χ3n) is 10.0. The number of fused-ring (bicyclic) bond motifs is 3. The number of aromatic nitrogens is 2. The minimum absolute atomic E-state index is 0.659. The van der Waals surface area contributed by atoms with Crippen molar-refractivity contribution in [1.82, 2.24) is 9.55 Å². The molecule has 0 bridgehead atoms. The molecule has 0 saturated heterocycles. The van der Waals surface area contributed by atoms with Gasteiger partial charge in [0.15, 0.2) is 0 Å². The van der Waals surface area contributed by atoms with Crippen molar-refractivity contribution in [3.63, 3.8) is 0 Å². The van der Waals surface area contributed by atoms with E-state index in [9.17, 15) is 5.26 Å². The van der Waals surface area contributed by atoms with Gasteiger partial charge in [-0.1, -0.05) is 115 Å². The van der Waals surface area contributed by atoms with Crippen LogP contribution in [-0.2, 0) is 0 Å². The van der Waals surface area contributed by atoms with Crippen LogP contribution in [0.5, 0.6) is 0 Å². The second kappa shape index (κ2) is 10.6. The third-order valence-corrected chi connectivity index (χ3v) is 10.0. The van der Waals surface area contributed by atoms with Gasteiger partial charge < -0.3 is 4.57 Å². The largest absolute Gasteiger partial charge is 0.309 e. The molecule has 10 rings (SSSR count). The van der Waals surface area contributed by atoms with Crippen LogP contribution in [-0.4, -0.2) is 9.55 Å². The number of hydrogen-bond donors (Lipinski definition) is 0. The lowest BCUT2D eigenvalue weighted by Gasteiger charge is -2.16. The normalized spacial score (nSPS) is 11.7. The van der Waals surface area contributed by atoms with Gasteiger partial charge in [0, 0.05) is 33.8 Å². The number of rotatable bonds is 4. The molecule has 0 amide bonds. The number of nitrogens with zero attached hydrogens (tertiary/aromatic N) is 3. The molecule has 3 heteroatoms. The first-order valence-corrected chi connectivity index (χ1v) is 16.5. The molecule has 49 heavy (non-hydrogen) atoms. The summed E-state index contributed by atoms with van der Waals surface area (Å²) in [6.45, 7) is 0. The average Bonchev–Trinajstić information content (AvgIpc) is 3.50. The Balaban J connectivity index is 1.10. The van der Waals surface area contributed by atoms with Gasteiger partial charge in [0.1, 0.15) is 0 Å². The molecule has 0 fully saturated rings. The molecule has 0 N–H and O–H groups in total. The van der Waals surface area contributed by atoms with Gasteiger partial charge >= 0.3 is 0 Å². The van der Waals surface area contributed by atoms with Gasteiger partial charge in [0.05, 0.1) is 28.4 Å². The maximum atomic E-state index is 9.61. The maximum absolute atomic E-state index is 9.61. The third kappa shape index (κ3) is 4.18. The highest BCUT2D eigenvalue weighted by Crippen LogP contribution is 2.42. The molecule has 0 radical (unpaired) electrons. The van der Waals surface area contributed by atoms with Crippen LogP contribution < -0.4 is 0 Å². The monoisotopic (exact) mass is 621 g/mol. The Morgan fingerprint density at radius 1 is 0.469 bits per heavy atom. The average molecular weight is 622 g/mol. The van der Waals surface area contributed by atoms with Gasteiger partial charge in [-0.3, -0.25) is 4.98 Å². The Hall–Kier alpha value is -6.76. The van der Waals surface area contributed by atoms with Crippen molar-refractivity contribution in [1.29, 1.82) is 5.26 Å². The van der Waals surface area contributed by atoms with Gasteiger partial charge in [-0.2, -0.15) is 5.26 Å². The molecule has 3 nitrogen and oxygen atoms in total. The zero-order chi connectivity index (χ0) is 32.5. The number of benzene rings is 8. The van der Waals surface area contributed by atoms with Crippen molar-refractivity contribution < 1.29 is 0 Å². The Bertz CT molecular complexity index is 2910. The maximum Gasteiger partial charge on any atom is 0.0991 e. The van der Waals surface area contributed by atoms with Gasteiger partial charge in [-0.05, 0) is 91.5 Å². The Morgan fingerprint density at radius 3 is 1.84 bits per heavy atom. The second-order valence-electron chi connectivity index (χ2n) is 12.7. The van der Waals surface area contributed by atoms with Crippen molar-refractivity contribution in [2.75, 3.05) is 0 Å². The van der Waals surface area contributed by atoms with E-state index in [4.69, 9.17) is 4.98 Å². The van der Waals surface area contributed by atoms with E-state index < -0.39 is 0 Å². The van der Waals surface area contributed by atoms with Gasteiger partial charge in [-0.15, -0.1) is 0 Å². The summed E-state index contributed by atoms with van der Waals surface area (Å²) in [6.07, 6.45) is 1.99. The molecule has 10 aromatic rings. The van der Waals surface area contributed by atoms with Gasteiger partial charge in [-0.25, -0.2) is 0 Å². The smallest absolute Gasteiger partial charge is 0.0991 e. The number of pyridine rings is 1. The van der Waals surface area contributed by atoms with Crippen LogP contribution >= 0.6 is 0 Å². The zero-order valence-electron chi connectivity index (χ0n) is 26.4. The summed E-state index contributed by atoms with van der Waals surface area (Å²) in [6, 6.07) is 58.2. The van der Waals surface area contributed by atoms with Crippen LogP contribution in [0.25, 0.3) is 93.3 Å². The van der Waals surface area contributed by atoms with E-state index in [0.29, 0.717) is 5.56 Å². The van der Waals surface area contributed by atoms with E-state index in [-0.39, 0.29) is 0 Å². The van der Waals surface area contributed by atoms with Crippen molar-refractivity contribution >= 4 is 54.1 Å². The molecular formula is C46H27N3. The van der Waals surface area contributed by atoms with Crippen molar-refractivity contribution in [2.24, 2.45) is 0 Å². The summed E-state index contributed by atoms with van der Waals surface area (Å²) in [5.74, 6) is 0. The first-order valence-electron chi connectivity index (χ1n) is 16.5. The summed E-state index contributed by atoms with van der Waals surface area (Å²) < 4.78 is 2.28. The van der Waals surface area contributed by atoms with E-state index in [1.807, 2.05) is 24.4 Å². The highest BCUT2D eigenvalue weighted by molar-refractivity contribution is 6.27. The van der Waals surface area contributed by atoms with Crippen LogP contribution in [0.2, 0.25) is 0 Å². The van der Waals surface area contributed by atoms with E-state index in [1.165, 1.54) is 43.4 Å². The Morgan fingerprint density at radius 2 is 1.12 bits per heavy atom. The zero-order valence-corrected chi connectivity index (χ0v) is 26.4. The highest BCUT2D eigenvalue weighted by atomic mass is 15.0. The molecule has 8 aromatic carbocycles. The highest BCUT2D eigenvalue weighted by Gasteiger charge is 2.17. The van der Waals surface area contributed by atoms with Crippen molar-refractivity contribution in [2.45, 2.75) is 0 Å². The standard InChI is InChI=1S/C46H27N3/c47-27-29-11-24-43-41(25-29)38-20-16-33(26-44(38)49(43)35-9-5-2-6-10-35)34-17-23-42(48-28-34)37-19-13-32-14-21-39-36(30-7-3-1-4-8-30)18-12-31-15-22-40(37)46(32)45(31)39/h1-26,28H.